The van der Waals surface area contributed by atoms with Crippen LogP contribution in [-0.4, -0.2) is 8.56 Å². The summed E-state index contributed by atoms with van der Waals surface area (Å²) in [6.45, 7) is 3.72. The summed E-state index contributed by atoms with van der Waals surface area (Å²) in [5.74, 6) is 0.484. The predicted octanol–water partition coefficient (Wildman–Crippen LogP) is 4.12. The topological polar surface area (TPSA) is 18.5 Å². The van der Waals surface area contributed by atoms with Gasteiger partial charge < -0.3 is 8.85 Å². The largest absolute Gasteiger partial charge is 0.512 e. The zero-order chi connectivity index (χ0) is 13.9. The fourth-order valence-electron chi connectivity index (χ4n) is 1.59. The van der Waals surface area contributed by atoms with E-state index in [0.717, 1.165) is 0 Å². The predicted molar refractivity (Wildman–Crippen MR) is 71.5 cm³/mol. The SMILES string of the molecule is C[Si](C)(Oc1ccc(F)cc1)Oc1ccc(F)cc1. The quantitative estimate of drug-likeness (QED) is 0.784. The summed E-state index contributed by atoms with van der Waals surface area (Å²) in [5.41, 5.74) is 0. The maximum absolute atomic E-state index is 12.8. The van der Waals surface area contributed by atoms with Crippen LogP contribution in [0.4, 0.5) is 8.78 Å². The second-order valence-electron chi connectivity index (χ2n) is 4.51. The van der Waals surface area contributed by atoms with Gasteiger partial charge in [-0.3, -0.25) is 0 Å². The van der Waals surface area contributed by atoms with Crippen LogP contribution >= 0.6 is 0 Å². The van der Waals surface area contributed by atoms with E-state index in [-0.39, 0.29) is 11.6 Å². The molecule has 0 amide bonds. The Morgan fingerprint density at radius 1 is 0.684 bits per heavy atom. The van der Waals surface area contributed by atoms with Crippen LogP contribution < -0.4 is 8.85 Å². The summed E-state index contributed by atoms with van der Waals surface area (Å²) in [6, 6.07) is 11.5. The Kier molecular flexibility index (Phi) is 3.85. The molecule has 0 aromatic heterocycles. The first kappa shape index (κ1) is 13.5. The Hall–Kier alpha value is -1.88. The van der Waals surface area contributed by atoms with Gasteiger partial charge in [0.05, 0.1) is 0 Å². The van der Waals surface area contributed by atoms with Crippen LogP contribution in [0.15, 0.2) is 48.5 Å². The first-order chi connectivity index (χ1) is 8.94. The molecule has 0 saturated heterocycles. The summed E-state index contributed by atoms with van der Waals surface area (Å²) >= 11 is 0. The molecule has 2 aromatic carbocycles. The van der Waals surface area contributed by atoms with Crippen molar-refractivity contribution >= 4 is 8.56 Å². The molecular weight excluding hydrogens is 266 g/mol. The average molecular weight is 280 g/mol. The first-order valence-electron chi connectivity index (χ1n) is 5.84. The molecule has 0 aliphatic rings. The van der Waals surface area contributed by atoms with E-state index in [1.807, 2.05) is 13.1 Å². The molecule has 0 bridgehead atoms. The molecule has 5 heteroatoms. The summed E-state index contributed by atoms with van der Waals surface area (Å²) in [7, 11) is -2.46. The molecule has 0 saturated carbocycles. The van der Waals surface area contributed by atoms with Gasteiger partial charge in [0.25, 0.3) is 0 Å². The van der Waals surface area contributed by atoms with Crippen molar-refractivity contribution in [2.24, 2.45) is 0 Å². The molecule has 2 nitrogen and oxygen atoms in total. The monoisotopic (exact) mass is 280 g/mol. The van der Waals surface area contributed by atoms with Crippen molar-refractivity contribution in [1.29, 1.82) is 0 Å². The number of halogens is 2. The zero-order valence-corrected chi connectivity index (χ0v) is 11.7. The standard InChI is InChI=1S/C14H14F2O2Si/c1-19(2,17-13-7-3-11(15)4-8-13)18-14-9-5-12(16)6-10-14/h3-10H,1-2H3. The molecule has 0 radical (unpaired) electrons. The smallest absolute Gasteiger partial charge is 0.454 e. The molecule has 0 heterocycles. The van der Waals surface area contributed by atoms with Gasteiger partial charge in [-0.05, 0) is 48.5 Å². The second kappa shape index (κ2) is 5.40. The summed E-state index contributed by atoms with van der Waals surface area (Å²) in [6.07, 6.45) is 0. The van der Waals surface area contributed by atoms with Gasteiger partial charge in [-0.15, -0.1) is 0 Å². The fraction of sp³-hybridized carbons (Fsp3) is 0.143. The Balaban J connectivity index is 2.05. The summed E-state index contributed by atoms with van der Waals surface area (Å²) in [5, 5.41) is 0. The van der Waals surface area contributed by atoms with E-state index < -0.39 is 8.56 Å². The fourth-order valence-corrected chi connectivity index (χ4v) is 3.04. The van der Waals surface area contributed by atoms with E-state index in [4.69, 9.17) is 8.85 Å². The molecule has 2 aromatic rings. The summed E-state index contributed by atoms with van der Waals surface area (Å²) in [4.78, 5) is 0. The van der Waals surface area contributed by atoms with Crippen molar-refractivity contribution in [3.05, 3.63) is 60.2 Å². The van der Waals surface area contributed by atoms with Crippen molar-refractivity contribution in [2.45, 2.75) is 13.1 Å². The van der Waals surface area contributed by atoms with E-state index in [1.54, 1.807) is 24.3 Å². The number of hydrogen-bond donors (Lipinski definition) is 0. The molecule has 100 valence electrons. The Bertz CT molecular complexity index is 489. The van der Waals surface area contributed by atoms with Gasteiger partial charge in [0.15, 0.2) is 0 Å². The van der Waals surface area contributed by atoms with E-state index in [2.05, 4.69) is 0 Å². The van der Waals surface area contributed by atoms with Crippen LogP contribution in [0.5, 0.6) is 11.5 Å². The molecule has 0 atom stereocenters. The Morgan fingerprint density at radius 2 is 1.00 bits per heavy atom. The molecule has 2 rings (SSSR count). The molecule has 0 N–H and O–H groups in total. The average Bonchev–Trinajstić information content (AvgIpc) is 2.34. The number of hydrogen-bond acceptors (Lipinski definition) is 2. The highest BCUT2D eigenvalue weighted by Crippen LogP contribution is 2.21. The van der Waals surface area contributed by atoms with Crippen molar-refractivity contribution in [3.8, 4) is 11.5 Å². The van der Waals surface area contributed by atoms with Gasteiger partial charge in [0.1, 0.15) is 23.1 Å². The number of benzene rings is 2. The highest BCUT2D eigenvalue weighted by atomic mass is 28.4. The highest BCUT2D eigenvalue weighted by molar-refractivity contribution is 6.66. The van der Waals surface area contributed by atoms with Crippen LogP contribution in [-0.2, 0) is 0 Å². The molecule has 0 spiro atoms. The maximum Gasteiger partial charge on any atom is 0.454 e. The molecule has 0 unspecified atom stereocenters. The third kappa shape index (κ3) is 4.06. The minimum atomic E-state index is -2.46. The van der Waals surface area contributed by atoms with E-state index in [9.17, 15) is 8.78 Å². The minimum absolute atomic E-state index is 0.314. The van der Waals surface area contributed by atoms with Crippen molar-refractivity contribution in [1.82, 2.24) is 0 Å². The Morgan fingerprint density at radius 3 is 1.32 bits per heavy atom. The molecule has 0 aliphatic carbocycles. The van der Waals surface area contributed by atoms with E-state index >= 15 is 0 Å². The van der Waals surface area contributed by atoms with E-state index in [0.29, 0.717) is 11.5 Å². The maximum atomic E-state index is 12.8. The van der Waals surface area contributed by atoms with Gasteiger partial charge in [-0.2, -0.15) is 0 Å². The van der Waals surface area contributed by atoms with Crippen molar-refractivity contribution in [2.75, 3.05) is 0 Å². The second-order valence-corrected chi connectivity index (χ2v) is 7.72. The lowest BCUT2D eigenvalue weighted by Gasteiger charge is -2.24. The van der Waals surface area contributed by atoms with E-state index in [1.165, 1.54) is 24.3 Å². The lowest BCUT2D eigenvalue weighted by Crippen LogP contribution is -2.41. The van der Waals surface area contributed by atoms with Crippen LogP contribution in [0.3, 0.4) is 0 Å². The molecule has 0 fully saturated rings. The van der Waals surface area contributed by atoms with Crippen LogP contribution in [0.1, 0.15) is 0 Å². The molecule has 19 heavy (non-hydrogen) atoms. The summed E-state index contributed by atoms with van der Waals surface area (Å²) < 4.78 is 37.1. The zero-order valence-electron chi connectivity index (χ0n) is 10.7. The van der Waals surface area contributed by atoms with Crippen LogP contribution in [0.25, 0.3) is 0 Å². The lowest BCUT2D eigenvalue weighted by molar-refractivity contribution is 0.398. The van der Waals surface area contributed by atoms with Gasteiger partial charge in [0, 0.05) is 13.1 Å². The number of rotatable bonds is 4. The molecule has 0 aliphatic heterocycles. The lowest BCUT2D eigenvalue weighted by atomic mass is 10.3. The van der Waals surface area contributed by atoms with Gasteiger partial charge in [-0.1, -0.05) is 0 Å². The van der Waals surface area contributed by atoms with Gasteiger partial charge >= 0.3 is 8.56 Å². The highest BCUT2D eigenvalue weighted by Gasteiger charge is 2.29. The van der Waals surface area contributed by atoms with Gasteiger partial charge in [0.2, 0.25) is 0 Å². The van der Waals surface area contributed by atoms with Crippen LogP contribution in [0.2, 0.25) is 13.1 Å². The third-order valence-corrected chi connectivity index (χ3v) is 3.81. The van der Waals surface area contributed by atoms with Gasteiger partial charge in [-0.25, -0.2) is 8.78 Å². The minimum Gasteiger partial charge on any atom is -0.512 e. The first-order valence-corrected chi connectivity index (χ1v) is 8.65. The molecular formula is C14H14F2O2Si. The Labute approximate surface area is 111 Å². The van der Waals surface area contributed by atoms with Crippen molar-refractivity contribution in [3.63, 3.8) is 0 Å². The third-order valence-electron chi connectivity index (χ3n) is 2.35. The van der Waals surface area contributed by atoms with Crippen molar-refractivity contribution < 1.29 is 17.6 Å². The van der Waals surface area contributed by atoms with Crippen LogP contribution in [0, 0.1) is 11.6 Å². The normalized spacial score (nSPS) is 11.2.